The minimum absolute atomic E-state index is 0.107. The van der Waals surface area contributed by atoms with Crippen LogP contribution in [0.25, 0.3) is 16.9 Å². The van der Waals surface area contributed by atoms with E-state index in [1.165, 1.54) is 29.7 Å². The Hall–Kier alpha value is -4.53. The van der Waals surface area contributed by atoms with Gasteiger partial charge in [-0.3, -0.25) is 4.79 Å². The summed E-state index contributed by atoms with van der Waals surface area (Å²) >= 11 is 0. The summed E-state index contributed by atoms with van der Waals surface area (Å²) in [6.45, 7) is 10.5. The molecular formula is C35H42N8O. The highest BCUT2D eigenvalue weighted by atomic mass is 16.1. The molecule has 3 saturated carbocycles. The van der Waals surface area contributed by atoms with Gasteiger partial charge < -0.3 is 20.9 Å². The Labute approximate surface area is 258 Å². The zero-order valence-electron chi connectivity index (χ0n) is 25.9. The van der Waals surface area contributed by atoms with Gasteiger partial charge in [-0.25, -0.2) is 14.3 Å². The van der Waals surface area contributed by atoms with E-state index in [0.717, 1.165) is 55.0 Å². The van der Waals surface area contributed by atoms with Crippen LogP contribution >= 0.6 is 0 Å². The highest BCUT2D eigenvalue weighted by Crippen LogP contribution is 2.57. The van der Waals surface area contributed by atoms with Crippen molar-refractivity contribution in [2.45, 2.75) is 52.1 Å². The van der Waals surface area contributed by atoms with Gasteiger partial charge in [0.15, 0.2) is 5.65 Å². The van der Waals surface area contributed by atoms with Gasteiger partial charge in [-0.2, -0.15) is 4.98 Å². The van der Waals surface area contributed by atoms with Gasteiger partial charge in [-0.15, -0.1) is 6.58 Å². The number of unbranched alkanes of at least 4 members (excludes halogenated alkanes) is 1. The van der Waals surface area contributed by atoms with Gasteiger partial charge in [-0.05, 0) is 105 Å². The van der Waals surface area contributed by atoms with Crippen molar-refractivity contribution < 1.29 is 0 Å². The smallest absolute Gasteiger partial charge is 0.278 e. The second-order valence-corrected chi connectivity index (χ2v) is 12.6. The fourth-order valence-electron chi connectivity index (χ4n) is 7.41. The van der Waals surface area contributed by atoms with Crippen LogP contribution in [0, 0.1) is 31.6 Å². The minimum atomic E-state index is -0.107. The van der Waals surface area contributed by atoms with Crippen LogP contribution in [0.5, 0.6) is 0 Å². The SMILES string of the molecule is C=CCn1c(=O)c2cnc(Nc3ccc(N(C)CCCCNc4cccc(C)c4C)cc3)nc2n1C1=CC2C3CCC2C3N1. The van der Waals surface area contributed by atoms with Crippen molar-refractivity contribution in [2.75, 3.05) is 35.7 Å². The average Bonchev–Trinajstić information content (AvgIpc) is 3.74. The average molecular weight is 591 g/mol. The molecule has 5 aliphatic rings. The lowest BCUT2D eigenvalue weighted by Crippen LogP contribution is -2.56. The second kappa shape index (κ2) is 11.5. The lowest BCUT2D eigenvalue weighted by atomic mass is 9.65. The maximum atomic E-state index is 13.3. The van der Waals surface area contributed by atoms with Crippen LogP contribution in [0.4, 0.5) is 23.0 Å². The van der Waals surface area contributed by atoms with Crippen LogP contribution in [0.15, 0.2) is 72.2 Å². The van der Waals surface area contributed by atoms with E-state index >= 15 is 0 Å². The lowest BCUT2D eigenvalue weighted by molar-refractivity contribution is 0.123. The van der Waals surface area contributed by atoms with Gasteiger partial charge in [0.05, 0.1) is 6.54 Å². The molecule has 0 saturated heterocycles. The number of fused-ring (bicyclic) bond motifs is 3. The number of benzene rings is 2. The first-order valence-corrected chi connectivity index (χ1v) is 15.9. The topological polar surface area (TPSA) is 92.0 Å². The van der Waals surface area contributed by atoms with Crippen molar-refractivity contribution >= 4 is 39.9 Å². The van der Waals surface area contributed by atoms with E-state index in [1.54, 1.807) is 17.0 Å². The molecule has 4 bridgehead atoms. The molecule has 2 aromatic heterocycles. The van der Waals surface area contributed by atoms with Gasteiger partial charge in [0.1, 0.15) is 11.2 Å². The van der Waals surface area contributed by atoms with Gasteiger partial charge in [0.25, 0.3) is 5.56 Å². The molecule has 0 amide bonds. The molecule has 9 heteroatoms. The van der Waals surface area contributed by atoms with E-state index in [0.29, 0.717) is 35.5 Å². The maximum Gasteiger partial charge on any atom is 0.278 e. The van der Waals surface area contributed by atoms with E-state index in [1.807, 2.05) is 16.8 Å². The number of aromatic nitrogens is 4. The fraction of sp³-hybridized carbons (Fsp3) is 0.400. The molecule has 228 valence electrons. The molecule has 9 nitrogen and oxygen atoms in total. The monoisotopic (exact) mass is 590 g/mol. The molecule has 0 spiro atoms. The molecule has 2 atom stereocenters. The van der Waals surface area contributed by atoms with Crippen molar-refractivity contribution in [1.82, 2.24) is 24.6 Å². The Morgan fingerprint density at radius 1 is 1.11 bits per heavy atom. The molecular weight excluding hydrogens is 548 g/mol. The molecule has 2 aliphatic heterocycles. The molecule has 3 N–H and O–H groups in total. The number of allylic oxidation sites excluding steroid dienone is 2. The highest BCUT2D eigenvalue weighted by molar-refractivity contribution is 5.79. The maximum absolute atomic E-state index is 13.3. The normalized spacial score (nSPS) is 21.4. The Balaban J connectivity index is 1.01. The van der Waals surface area contributed by atoms with Crippen molar-refractivity contribution in [2.24, 2.45) is 17.8 Å². The molecule has 2 unspecified atom stereocenters. The Morgan fingerprint density at radius 2 is 1.91 bits per heavy atom. The predicted molar refractivity (Wildman–Crippen MR) is 180 cm³/mol. The number of nitrogens with one attached hydrogen (secondary N) is 3. The van der Waals surface area contributed by atoms with E-state index < -0.39 is 0 Å². The quantitative estimate of drug-likeness (QED) is 0.140. The van der Waals surface area contributed by atoms with Gasteiger partial charge in [0, 0.05) is 49.4 Å². The summed E-state index contributed by atoms with van der Waals surface area (Å²) in [7, 11) is 2.13. The van der Waals surface area contributed by atoms with E-state index in [-0.39, 0.29) is 5.56 Å². The van der Waals surface area contributed by atoms with Crippen LogP contribution in [0.2, 0.25) is 0 Å². The number of aryl methyl sites for hydroxylation is 1. The molecule has 3 fully saturated rings. The zero-order chi connectivity index (χ0) is 30.4. The van der Waals surface area contributed by atoms with Crippen molar-refractivity contribution in [1.29, 1.82) is 0 Å². The predicted octanol–water partition coefficient (Wildman–Crippen LogP) is 5.89. The molecule has 9 rings (SSSR count). The van der Waals surface area contributed by atoms with E-state index in [4.69, 9.17) is 4.98 Å². The standard InChI is InChI=1S/C35H42N8O/c1-5-18-42-34(44)29-21-37-35(40-33(29)43(42)31-20-28-26-15-16-27(28)32(26)39-31)38-24-11-13-25(14-12-24)41(4)19-7-6-17-36-30-10-8-9-22(2)23(30)3/h5,8-14,20-21,26-28,32,36,39H,1,6-7,15-19H2,2-4H3,(H,37,38,40). The first kappa shape index (κ1) is 28.3. The fourth-order valence-corrected chi connectivity index (χ4v) is 7.41. The highest BCUT2D eigenvalue weighted by Gasteiger charge is 2.57. The molecule has 4 aromatic rings. The molecule has 4 heterocycles. The van der Waals surface area contributed by atoms with Crippen LogP contribution < -0.4 is 26.4 Å². The number of nitrogens with zero attached hydrogens (tertiary/aromatic N) is 5. The van der Waals surface area contributed by atoms with E-state index in [2.05, 4.69) is 89.7 Å². The summed E-state index contributed by atoms with van der Waals surface area (Å²) < 4.78 is 3.63. The summed E-state index contributed by atoms with van der Waals surface area (Å²) in [5, 5.41) is 11.2. The Morgan fingerprint density at radius 3 is 2.64 bits per heavy atom. The summed E-state index contributed by atoms with van der Waals surface area (Å²) in [5.74, 6) is 3.45. The Bertz CT molecular complexity index is 1770. The third-order valence-electron chi connectivity index (χ3n) is 10.0. The molecule has 3 aliphatic carbocycles. The zero-order valence-corrected chi connectivity index (χ0v) is 25.9. The summed E-state index contributed by atoms with van der Waals surface area (Å²) in [4.78, 5) is 24.9. The number of hydrogen-bond donors (Lipinski definition) is 3. The first-order chi connectivity index (χ1) is 21.4. The molecule has 0 radical (unpaired) electrons. The van der Waals surface area contributed by atoms with Crippen LogP contribution in [-0.2, 0) is 6.54 Å². The van der Waals surface area contributed by atoms with Crippen molar-refractivity contribution in [3.63, 3.8) is 0 Å². The number of anilines is 4. The van der Waals surface area contributed by atoms with Crippen LogP contribution in [0.1, 0.15) is 36.8 Å². The minimum Gasteiger partial charge on any atom is -0.385 e. The number of hydrogen-bond acceptors (Lipinski definition) is 7. The number of rotatable bonds is 12. The van der Waals surface area contributed by atoms with Crippen LogP contribution in [-0.4, -0.2) is 45.5 Å². The first-order valence-electron chi connectivity index (χ1n) is 15.9. The molecule has 2 aromatic carbocycles. The third kappa shape index (κ3) is 4.94. The Kier molecular flexibility index (Phi) is 7.40. The van der Waals surface area contributed by atoms with Crippen LogP contribution in [0.3, 0.4) is 0 Å². The summed E-state index contributed by atoms with van der Waals surface area (Å²) in [6.07, 6.45) is 10.5. The molecule has 44 heavy (non-hydrogen) atoms. The second-order valence-electron chi connectivity index (χ2n) is 12.6. The lowest BCUT2D eigenvalue weighted by Gasteiger charge is -2.49. The third-order valence-corrected chi connectivity index (χ3v) is 10.0. The van der Waals surface area contributed by atoms with Crippen molar-refractivity contribution in [3.05, 3.63) is 88.9 Å². The van der Waals surface area contributed by atoms with Gasteiger partial charge >= 0.3 is 0 Å². The van der Waals surface area contributed by atoms with E-state index in [9.17, 15) is 4.79 Å². The summed E-state index contributed by atoms with van der Waals surface area (Å²) in [5.41, 5.74) is 6.42. The summed E-state index contributed by atoms with van der Waals surface area (Å²) in [6, 6.07) is 15.2. The van der Waals surface area contributed by atoms with Gasteiger partial charge in [0.2, 0.25) is 5.95 Å². The largest absolute Gasteiger partial charge is 0.385 e. The van der Waals surface area contributed by atoms with Gasteiger partial charge in [-0.1, -0.05) is 18.2 Å². The van der Waals surface area contributed by atoms with Crippen molar-refractivity contribution in [3.8, 4) is 0 Å².